The van der Waals surface area contributed by atoms with Gasteiger partial charge in [0.2, 0.25) is 5.91 Å². The van der Waals surface area contributed by atoms with Crippen molar-refractivity contribution < 1.29 is 19.2 Å². The van der Waals surface area contributed by atoms with Gasteiger partial charge in [0.25, 0.3) is 0 Å². The van der Waals surface area contributed by atoms with Crippen molar-refractivity contribution in [2.45, 2.75) is 90.9 Å². The van der Waals surface area contributed by atoms with Gasteiger partial charge in [0.05, 0.1) is 16.4 Å². The highest BCUT2D eigenvalue weighted by Gasteiger charge is 2.41. The molecule has 0 radical (unpaired) electrons. The van der Waals surface area contributed by atoms with E-state index in [1.54, 1.807) is 12.1 Å². The summed E-state index contributed by atoms with van der Waals surface area (Å²) in [5.74, 6) is 0.880. The molecule has 2 aromatic rings. The Balaban J connectivity index is 1.50. The minimum Gasteiger partial charge on any atom is -0.481 e. The van der Waals surface area contributed by atoms with Crippen LogP contribution in [0.4, 0.5) is 5.69 Å². The van der Waals surface area contributed by atoms with Crippen molar-refractivity contribution in [3.63, 3.8) is 0 Å². The second-order valence-corrected chi connectivity index (χ2v) is 12.2. The van der Waals surface area contributed by atoms with Crippen LogP contribution in [0.5, 0.6) is 0 Å². The maximum absolute atomic E-state index is 13.2. The molecule has 1 atom stereocenters. The van der Waals surface area contributed by atoms with Crippen LogP contribution in [0.25, 0.3) is 0 Å². The Hall–Kier alpha value is -2.34. The summed E-state index contributed by atoms with van der Waals surface area (Å²) in [6.07, 6.45) is 6.21. The lowest BCUT2D eigenvalue weighted by molar-refractivity contribution is -0.137. The van der Waals surface area contributed by atoms with Gasteiger partial charge in [-0.05, 0) is 80.4 Å². The average molecular weight is 501 g/mol. The average Bonchev–Trinajstić information content (AvgIpc) is 3.49. The predicted octanol–water partition coefficient (Wildman–Crippen LogP) is 7.11. The molecular formula is C28H37ClN2O4. The van der Waals surface area contributed by atoms with E-state index >= 15 is 0 Å². The minimum absolute atomic E-state index is 0.0830. The smallest absolute Gasteiger partial charge is 0.303 e. The molecule has 2 fully saturated rings. The first-order chi connectivity index (χ1) is 16.5. The molecule has 190 valence electrons. The molecule has 0 bridgehead atoms. The van der Waals surface area contributed by atoms with Gasteiger partial charge in [-0.1, -0.05) is 43.6 Å². The summed E-state index contributed by atoms with van der Waals surface area (Å²) in [6.45, 7) is 8.79. The molecule has 4 rings (SSSR count). The summed E-state index contributed by atoms with van der Waals surface area (Å²) < 4.78 is 5.92. The van der Waals surface area contributed by atoms with Crippen molar-refractivity contribution in [3.8, 4) is 0 Å². The summed E-state index contributed by atoms with van der Waals surface area (Å²) >= 11 is 6.32. The number of carboxylic acid groups (broad SMARTS) is 1. The third-order valence-corrected chi connectivity index (χ3v) is 7.54. The van der Waals surface area contributed by atoms with Gasteiger partial charge in [0, 0.05) is 30.2 Å². The van der Waals surface area contributed by atoms with Crippen molar-refractivity contribution in [3.05, 3.63) is 45.8 Å². The van der Waals surface area contributed by atoms with E-state index in [0.717, 1.165) is 42.7 Å². The molecule has 1 amide bonds. The lowest BCUT2D eigenvalue weighted by Gasteiger charge is -2.38. The number of hydrogen-bond donors (Lipinski definition) is 2. The van der Waals surface area contributed by atoms with Crippen molar-refractivity contribution in [2.75, 3.05) is 5.32 Å². The minimum atomic E-state index is -0.918. The fourth-order valence-corrected chi connectivity index (χ4v) is 5.67. The summed E-state index contributed by atoms with van der Waals surface area (Å²) in [7, 11) is 0. The second kappa shape index (κ2) is 10.3. The van der Waals surface area contributed by atoms with Crippen molar-refractivity contribution in [2.24, 2.45) is 17.3 Å². The molecule has 0 saturated heterocycles. The van der Waals surface area contributed by atoms with Crippen LogP contribution in [0.3, 0.4) is 0 Å². The normalized spacial score (nSPS) is 20.8. The first-order valence-corrected chi connectivity index (χ1v) is 13.1. The molecule has 0 spiro atoms. The number of carbonyl (C=O) groups excluding carboxylic acids is 1. The van der Waals surface area contributed by atoms with Crippen LogP contribution in [-0.4, -0.2) is 22.1 Å². The van der Waals surface area contributed by atoms with Gasteiger partial charge in [-0.3, -0.25) is 9.59 Å². The standard InChI is InChI=1S/C28H37ClN2O4/c1-16-5-9-22(21(29)11-16)30-27(34)19(8-10-24(32)33)14-23-25(18-6-7-18)26(35-31-23)20-12-17(13-20)15-28(2,3)4/h5,9,11,17-20H,6-8,10,12-15H2,1-4H3,(H,30,34)(H,32,33)/t17-,19-,20+/m1/s1. The van der Waals surface area contributed by atoms with E-state index in [9.17, 15) is 14.7 Å². The molecule has 2 aliphatic rings. The van der Waals surface area contributed by atoms with Crippen LogP contribution in [0, 0.1) is 24.2 Å². The van der Waals surface area contributed by atoms with E-state index in [0.29, 0.717) is 40.3 Å². The molecule has 7 heteroatoms. The van der Waals surface area contributed by atoms with Crippen LogP contribution in [0.1, 0.15) is 100 Å². The maximum atomic E-state index is 13.2. The lowest BCUT2D eigenvalue weighted by Crippen LogP contribution is -2.27. The molecule has 2 N–H and O–H groups in total. The second-order valence-electron chi connectivity index (χ2n) is 11.8. The number of aryl methyl sites for hydroxylation is 1. The summed E-state index contributed by atoms with van der Waals surface area (Å²) in [6, 6.07) is 5.46. The predicted molar refractivity (Wildman–Crippen MR) is 137 cm³/mol. The Kier molecular flexibility index (Phi) is 7.60. The van der Waals surface area contributed by atoms with Crippen molar-refractivity contribution in [1.82, 2.24) is 5.16 Å². The number of carbonyl (C=O) groups is 2. The number of carboxylic acids is 1. The van der Waals surface area contributed by atoms with E-state index in [2.05, 4.69) is 31.2 Å². The fourth-order valence-electron chi connectivity index (χ4n) is 5.39. The Morgan fingerprint density at radius 3 is 2.54 bits per heavy atom. The SMILES string of the molecule is Cc1ccc(NC(=O)[C@H](CCC(=O)O)Cc2noc([C@H]3C[C@@H](CC(C)(C)C)C3)c2C2CC2)c(Cl)c1. The third kappa shape index (κ3) is 6.66. The van der Waals surface area contributed by atoms with E-state index in [1.165, 1.54) is 12.0 Å². The number of halogens is 1. The molecule has 1 heterocycles. The molecule has 35 heavy (non-hydrogen) atoms. The third-order valence-electron chi connectivity index (χ3n) is 7.22. The summed E-state index contributed by atoms with van der Waals surface area (Å²) in [5, 5.41) is 17.1. The van der Waals surface area contributed by atoms with Gasteiger partial charge in [0.1, 0.15) is 5.76 Å². The fraction of sp³-hybridized carbons (Fsp3) is 0.607. The molecule has 6 nitrogen and oxygen atoms in total. The van der Waals surface area contributed by atoms with Gasteiger partial charge in [-0.25, -0.2) is 0 Å². The van der Waals surface area contributed by atoms with Crippen molar-refractivity contribution in [1.29, 1.82) is 0 Å². The molecular weight excluding hydrogens is 464 g/mol. The van der Waals surface area contributed by atoms with Crippen LogP contribution in [-0.2, 0) is 16.0 Å². The van der Waals surface area contributed by atoms with E-state index in [1.807, 2.05) is 13.0 Å². The first-order valence-electron chi connectivity index (χ1n) is 12.8. The van der Waals surface area contributed by atoms with E-state index in [-0.39, 0.29) is 18.7 Å². The lowest BCUT2D eigenvalue weighted by atomic mass is 9.67. The quantitative estimate of drug-likeness (QED) is 0.362. The zero-order valence-corrected chi connectivity index (χ0v) is 22.0. The number of aliphatic carboxylic acids is 1. The van der Waals surface area contributed by atoms with E-state index < -0.39 is 11.9 Å². The van der Waals surface area contributed by atoms with Gasteiger partial charge in [0.15, 0.2) is 0 Å². The number of rotatable bonds is 10. The molecule has 0 unspecified atom stereocenters. The Morgan fingerprint density at radius 2 is 1.94 bits per heavy atom. The Bertz CT molecular complexity index is 1080. The van der Waals surface area contributed by atoms with Crippen LogP contribution < -0.4 is 5.32 Å². The Labute approximate surface area is 212 Å². The first kappa shape index (κ1) is 25.7. The number of nitrogens with one attached hydrogen (secondary N) is 1. The highest BCUT2D eigenvalue weighted by atomic mass is 35.5. The monoisotopic (exact) mass is 500 g/mol. The molecule has 1 aromatic carbocycles. The van der Waals surface area contributed by atoms with E-state index in [4.69, 9.17) is 16.1 Å². The van der Waals surface area contributed by atoms with Gasteiger partial charge >= 0.3 is 5.97 Å². The van der Waals surface area contributed by atoms with Crippen LogP contribution in [0.2, 0.25) is 5.02 Å². The number of nitrogens with zero attached hydrogens (tertiary/aromatic N) is 1. The summed E-state index contributed by atoms with van der Waals surface area (Å²) in [5.41, 5.74) is 3.87. The zero-order valence-electron chi connectivity index (χ0n) is 21.2. The molecule has 2 saturated carbocycles. The van der Waals surface area contributed by atoms with Crippen LogP contribution >= 0.6 is 11.6 Å². The zero-order chi connectivity index (χ0) is 25.3. The molecule has 2 aliphatic carbocycles. The number of amides is 1. The van der Waals surface area contributed by atoms with Gasteiger partial charge in [-0.2, -0.15) is 0 Å². The topological polar surface area (TPSA) is 92.4 Å². The number of hydrogen-bond acceptors (Lipinski definition) is 4. The highest BCUT2D eigenvalue weighted by molar-refractivity contribution is 6.33. The van der Waals surface area contributed by atoms with Crippen molar-refractivity contribution >= 4 is 29.2 Å². The molecule has 0 aliphatic heterocycles. The maximum Gasteiger partial charge on any atom is 0.303 e. The van der Waals surface area contributed by atoms with Gasteiger partial charge < -0.3 is 14.9 Å². The number of aromatic nitrogens is 1. The summed E-state index contributed by atoms with van der Waals surface area (Å²) in [4.78, 5) is 24.5. The van der Waals surface area contributed by atoms with Gasteiger partial charge in [-0.15, -0.1) is 0 Å². The van der Waals surface area contributed by atoms with Crippen LogP contribution in [0.15, 0.2) is 22.7 Å². The number of benzene rings is 1. The molecule has 1 aromatic heterocycles. The number of anilines is 1. The largest absolute Gasteiger partial charge is 0.481 e. The highest BCUT2D eigenvalue weighted by Crippen LogP contribution is 2.52. The Morgan fingerprint density at radius 1 is 1.23 bits per heavy atom.